The first-order valence-electron chi connectivity index (χ1n) is 2.38. The molecule has 0 saturated heterocycles. The molecule has 0 saturated carbocycles. The van der Waals surface area contributed by atoms with Gasteiger partial charge in [-0.25, -0.2) is 0 Å². The normalized spacial score (nSPS) is 9.33. The van der Waals surface area contributed by atoms with Crippen molar-refractivity contribution >= 4 is 5.91 Å². The molecule has 0 atom stereocenters. The van der Waals surface area contributed by atoms with Crippen LogP contribution in [0.5, 0.6) is 0 Å². The van der Waals surface area contributed by atoms with Crippen molar-refractivity contribution in [1.29, 1.82) is 0 Å². The molecule has 0 unspecified atom stereocenters. The van der Waals surface area contributed by atoms with Crippen LogP contribution in [0.2, 0.25) is 0 Å². The number of nitrogens with zero attached hydrogens (tertiary/aromatic N) is 1. The van der Waals surface area contributed by atoms with Crippen LogP contribution in [0, 0.1) is 0 Å². The topological polar surface area (TPSA) is 68.2 Å². The van der Waals surface area contributed by atoms with Crippen molar-refractivity contribution in [2.75, 3.05) is 0 Å². The highest BCUT2D eigenvalue weighted by atomic mass is 16.5. The molecule has 0 bridgehead atoms. The van der Waals surface area contributed by atoms with Gasteiger partial charge in [-0.2, -0.15) is 4.73 Å². The van der Waals surface area contributed by atoms with Gasteiger partial charge in [-0.1, -0.05) is 0 Å². The van der Waals surface area contributed by atoms with Crippen molar-refractivity contribution in [3.63, 3.8) is 0 Å². The van der Waals surface area contributed by atoms with Crippen LogP contribution in [0.1, 0.15) is 10.5 Å². The maximum Gasteiger partial charge on any atom is 0.268 e. The Hall–Kier alpha value is -1.45. The second-order valence-corrected chi connectivity index (χ2v) is 1.60. The van der Waals surface area contributed by atoms with Crippen molar-refractivity contribution in [2.45, 2.75) is 0 Å². The molecule has 1 aromatic heterocycles. The van der Waals surface area contributed by atoms with Crippen LogP contribution < -0.4 is 5.73 Å². The zero-order valence-corrected chi connectivity index (χ0v) is 4.61. The van der Waals surface area contributed by atoms with Crippen molar-refractivity contribution in [3.05, 3.63) is 24.0 Å². The Balaban J connectivity index is 3.08. The van der Waals surface area contributed by atoms with Crippen LogP contribution in [-0.4, -0.2) is 15.8 Å². The van der Waals surface area contributed by atoms with Crippen molar-refractivity contribution in [3.8, 4) is 0 Å². The van der Waals surface area contributed by atoms with Crippen molar-refractivity contribution in [1.82, 2.24) is 4.73 Å². The summed E-state index contributed by atoms with van der Waals surface area (Å²) in [5.41, 5.74) is 4.93. The van der Waals surface area contributed by atoms with E-state index < -0.39 is 5.91 Å². The summed E-state index contributed by atoms with van der Waals surface area (Å²) in [5.74, 6) is -0.637. The smallest absolute Gasteiger partial charge is 0.268 e. The summed E-state index contributed by atoms with van der Waals surface area (Å²) >= 11 is 0. The van der Waals surface area contributed by atoms with E-state index in [2.05, 4.69) is 0 Å². The minimum absolute atomic E-state index is 0.0926. The fourth-order valence-corrected chi connectivity index (χ4v) is 0.567. The van der Waals surface area contributed by atoms with E-state index in [4.69, 9.17) is 10.9 Å². The van der Waals surface area contributed by atoms with Crippen molar-refractivity contribution in [2.24, 2.45) is 5.73 Å². The molecule has 1 aromatic rings. The van der Waals surface area contributed by atoms with Gasteiger partial charge < -0.3 is 10.9 Å². The molecule has 0 spiro atoms. The Kier molecular flexibility index (Phi) is 1.14. The fraction of sp³-hybridized carbons (Fsp3) is 0. The fourth-order valence-electron chi connectivity index (χ4n) is 0.567. The summed E-state index contributed by atoms with van der Waals surface area (Å²) in [7, 11) is 0. The van der Waals surface area contributed by atoms with Gasteiger partial charge in [0.2, 0.25) is 0 Å². The highest BCUT2D eigenvalue weighted by Crippen LogP contribution is 1.95. The summed E-state index contributed by atoms with van der Waals surface area (Å²) in [5, 5.41) is 8.74. The first-order valence-corrected chi connectivity index (χ1v) is 2.38. The second-order valence-electron chi connectivity index (χ2n) is 1.60. The lowest BCUT2D eigenvalue weighted by Crippen LogP contribution is -2.14. The molecule has 9 heavy (non-hydrogen) atoms. The molecule has 0 fully saturated rings. The monoisotopic (exact) mass is 126 g/mol. The Morgan fingerprint density at radius 2 is 2.44 bits per heavy atom. The lowest BCUT2D eigenvalue weighted by atomic mass is 10.4. The highest BCUT2D eigenvalue weighted by molar-refractivity contribution is 5.90. The summed E-state index contributed by atoms with van der Waals surface area (Å²) in [6, 6.07) is 2.96. The zero-order valence-electron chi connectivity index (χ0n) is 4.61. The summed E-state index contributed by atoms with van der Waals surface area (Å²) < 4.78 is 0.683. The Bertz CT molecular complexity index is 229. The lowest BCUT2D eigenvalue weighted by molar-refractivity contribution is 0.0950. The molecule has 4 nitrogen and oxygen atoms in total. The number of nitrogens with two attached hydrogens (primary N) is 1. The molecular formula is C5H6N2O2. The third-order valence-electron chi connectivity index (χ3n) is 0.981. The zero-order chi connectivity index (χ0) is 6.85. The van der Waals surface area contributed by atoms with E-state index >= 15 is 0 Å². The molecule has 0 radical (unpaired) electrons. The molecule has 0 aliphatic rings. The Labute approximate surface area is 51.5 Å². The summed E-state index contributed by atoms with van der Waals surface area (Å²) in [4.78, 5) is 10.3. The van der Waals surface area contributed by atoms with Gasteiger partial charge in [0.25, 0.3) is 5.91 Å². The predicted octanol–water partition coefficient (Wildman–Crippen LogP) is -0.176. The maximum absolute atomic E-state index is 10.3. The average molecular weight is 126 g/mol. The van der Waals surface area contributed by atoms with E-state index in [1.807, 2.05) is 0 Å². The standard InChI is InChI=1S/C5H6N2O2/c6-5(8)4-2-1-3-7(4)9/h1-3,9H,(H2,6,8). The highest BCUT2D eigenvalue weighted by Gasteiger charge is 2.03. The largest absolute Gasteiger partial charge is 0.428 e. The van der Waals surface area contributed by atoms with Crippen LogP contribution in [0.3, 0.4) is 0 Å². The number of hydrogen-bond acceptors (Lipinski definition) is 2. The van der Waals surface area contributed by atoms with Gasteiger partial charge in [-0.15, -0.1) is 0 Å². The summed E-state index contributed by atoms with van der Waals surface area (Å²) in [6.07, 6.45) is 1.33. The first-order chi connectivity index (χ1) is 4.22. The number of carbonyl (C=O) groups excluding carboxylic acids is 1. The molecule has 3 N–H and O–H groups in total. The molecule has 48 valence electrons. The van der Waals surface area contributed by atoms with E-state index in [1.54, 1.807) is 0 Å². The molecule has 4 heteroatoms. The maximum atomic E-state index is 10.3. The van der Waals surface area contributed by atoms with E-state index in [9.17, 15) is 4.79 Å². The number of hydrogen-bond donors (Lipinski definition) is 2. The van der Waals surface area contributed by atoms with Gasteiger partial charge in [0, 0.05) is 6.20 Å². The van der Waals surface area contributed by atoms with Gasteiger partial charge >= 0.3 is 0 Å². The minimum atomic E-state index is -0.637. The van der Waals surface area contributed by atoms with E-state index in [1.165, 1.54) is 18.3 Å². The van der Waals surface area contributed by atoms with Crippen molar-refractivity contribution < 1.29 is 10.0 Å². The molecule has 0 aliphatic carbocycles. The van der Waals surface area contributed by atoms with E-state index in [-0.39, 0.29) is 5.69 Å². The molecular weight excluding hydrogens is 120 g/mol. The van der Waals surface area contributed by atoms with E-state index in [0.29, 0.717) is 4.73 Å². The molecule has 1 rings (SSSR count). The lowest BCUT2D eigenvalue weighted by Gasteiger charge is -1.92. The predicted molar refractivity (Wildman–Crippen MR) is 30.1 cm³/mol. The first kappa shape index (κ1) is 5.68. The van der Waals surface area contributed by atoms with Gasteiger partial charge in [0.15, 0.2) is 0 Å². The number of primary amides is 1. The Morgan fingerprint density at radius 1 is 1.78 bits per heavy atom. The second kappa shape index (κ2) is 1.81. The van der Waals surface area contributed by atoms with Gasteiger partial charge in [-0.05, 0) is 12.1 Å². The van der Waals surface area contributed by atoms with Crippen LogP contribution >= 0.6 is 0 Å². The number of amides is 1. The third-order valence-corrected chi connectivity index (χ3v) is 0.981. The molecule has 0 aromatic carbocycles. The quantitative estimate of drug-likeness (QED) is 0.512. The van der Waals surface area contributed by atoms with Crippen LogP contribution in [0.4, 0.5) is 0 Å². The molecule has 0 aliphatic heterocycles. The summed E-state index contributed by atoms with van der Waals surface area (Å²) in [6.45, 7) is 0. The SMILES string of the molecule is NC(=O)c1cccn1O. The van der Waals surface area contributed by atoms with Gasteiger partial charge in [0.05, 0.1) is 0 Å². The molecule has 1 heterocycles. The van der Waals surface area contributed by atoms with Crippen LogP contribution in [-0.2, 0) is 0 Å². The molecule has 1 amide bonds. The number of carbonyl (C=O) groups is 1. The Morgan fingerprint density at radius 3 is 2.67 bits per heavy atom. The average Bonchev–Trinajstić information content (AvgIpc) is 2.13. The number of rotatable bonds is 1. The van der Waals surface area contributed by atoms with Gasteiger partial charge in [0.1, 0.15) is 5.69 Å². The van der Waals surface area contributed by atoms with Crippen LogP contribution in [0.25, 0.3) is 0 Å². The van der Waals surface area contributed by atoms with Crippen LogP contribution in [0.15, 0.2) is 18.3 Å². The van der Waals surface area contributed by atoms with E-state index in [0.717, 1.165) is 0 Å². The van der Waals surface area contributed by atoms with Gasteiger partial charge in [-0.3, -0.25) is 4.79 Å². The minimum Gasteiger partial charge on any atom is -0.428 e. The third kappa shape index (κ3) is 0.861. The number of aromatic nitrogens is 1.